The molecule has 23 heavy (non-hydrogen) atoms. The van der Waals surface area contributed by atoms with Crippen molar-refractivity contribution in [2.45, 2.75) is 39.2 Å². The molecule has 1 unspecified atom stereocenters. The van der Waals surface area contributed by atoms with Crippen LogP contribution in [0.3, 0.4) is 0 Å². The molecule has 7 nitrogen and oxygen atoms in total. The maximum absolute atomic E-state index is 12.5. The summed E-state index contributed by atoms with van der Waals surface area (Å²) in [4.78, 5) is 41.7. The van der Waals surface area contributed by atoms with Crippen molar-refractivity contribution in [1.29, 1.82) is 0 Å². The maximum atomic E-state index is 12.5. The number of carbonyl (C=O) groups excluding carboxylic acids is 1. The number of nitrogens with one attached hydrogen (secondary N) is 1. The lowest BCUT2D eigenvalue weighted by Gasteiger charge is -2.13. The van der Waals surface area contributed by atoms with Crippen LogP contribution in [-0.4, -0.2) is 32.4 Å². The molecule has 122 valence electrons. The van der Waals surface area contributed by atoms with Gasteiger partial charge < -0.3 is 10.4 Å². The van der Waals surface area contributed by atoms with Crippen LogP contribution in [0.4, 0.5) is 0 Å². The number of aryl methyl sites for hydroxylation is 2. The summed E-state index contributed by atoms with van der Waals surface area (Å²) in [5.74, 6) is -1.42. The number of rotatable bonds is 5. The number of carbonyl (C=O) groups is 2. The zero-order chi connectivity index (χ0) is 16.7. The van der Waals surface area contributed by atoms with Gasteiger partial charge in [0.15, 0.2) is 4.96 Å². The molecule has 2 N–H and O–H groups in total. The van der Waals surface area contributed by atoms with Gasteiger partial charge in [-0.15, -0.1) is 11.3 Å². The van der Waals surface area contributed by atoms with E-state index in [0.29, 0.717) is 17.3 Å². The molecular weight excluding hydrogens is 318 g/mol. The molecule has 0 saturated heterocycles. The molecule has 8 heteroatoms. The van der Waals surface area contributed by atoms with Gasteiger partial charge in [-0.25, -0.2) is 9.78 Å². The lowest BCUT2D eigenvalue weighted by molar-refractivity contribution is -0.139. The molecule has 1 amide bonds. The van der Waals surface area contributed by atoms with Crippen LogP contribution in [0.25, 0.3) is 4.96 Å². The van der Waals surface area contributed by atoms with Gasteiger partial charge >= 0.3 is 5.97 Å². The minimum atomic E-state index is -1.08. The van der Waals surface area contributed by atoms with Crippen LogP contribution in [0.5, 0.6) is 0 Å². The molecule has 0 radical (unpaired) electrons. The van der Waals surface area contributed by atoms with Gasteiger partial charge in [0.2, 0.25) is 0 Å². The molecule has 2 heterocycles. The van der Waals surface area contributed by atoms with Crippen molar-refractivity contribution in [3.05, 3.63) is 32.7 Å². The molecule has 3 rings (SSSR count). The number of aliphatic carboxylic acids is 1. The van der Waals surface area contributed by atoms with Crippen molar-refractivity contribution in [3.8, 4) is 0 Å². The highest BCUT2D eigenvalue weighted by molar-refractivity contribution is 7.17. The standard InChI is InChI=1S/C15H17N3O4S/c1-7-8(2)23-15-16-6-10(13(20)18(7)15)12(19)17-11(14(21)22)5-9-3-4-9/h6,9,11H,3-5H2,1-2H3,(H,17,19)(H,21,22). The fourth-order valence-corrected chi connectivity index (χ4v) is 3.41. The molecule has 0 aliphatic heterocycles. The highest BCUT2D eigenvalue weighted by Gasteiger charge is 2.31. The molecule has 1 fully saturated rings. The third kappa shape index (κ3) is 2.98. The summed E-state index contributed by atoms with van der Waals surface area (Å²) >= 11 is 1.37. The van der Waals surface area contributed by atoms with Crippen molar-refractivity contribution < 1.29 is 14.7 Å². The molecule has 0 bridgehead atoms. The monoisotopic (exact) mass is 335 g/mol. The second-order valence-corrected chi connectivity index (χ2v) is 7.06. The summed E-state index contributed by atoms with van der Waals surface area (Å²) in [6.07, 6.45) is 3.60. The van der Waals surface area contributed by atoms with Gasteiger partial charge in [-0.2, -0.15) is 0 Å². The van der Waals surface area contributed by atoms with E-state index in [2.05, 4.69) is 10.3 Å². The van der Waals surface area contributed by atoms with Gasteiger partial charge in [0.05, 0.1) is 0 Å². The number of hydrogen-bond acceptors (Lipinski definition) is 5. The number of nitrogens with zero attached hydrogens (tertiary/aromatic N) is 2. The zero-order valence-corrected chi connectivity index (χ0v) is 13.6. The number of amides is 1. The van der Waals surface area contributed by atoms with Crippen LogP contribution in [0, 0.1) is 19.8 Å². The average molecular weight is 335 g/mol. The Morgan fingerprint density at radius 3 is 2.78 bits per heavy atom. The van der Waals surface area contributed by atoms with Crippen LogP contribution >= 0.6 is 11.3 Å². The predicted octanol–water partition coefficient (Wildman–Crippen LogP) is 1.36. The van der Waals surface area contributed by atoms with Gasteiger partial charge in [-0.1, -0.05) is 12.8 Å². The minimum absolute atomic E-state index is 0.134. The Morgan fingerprint density at radius 1 is 1.48 bits per heavy atom. The van der Waals surface area contributed by atoms with E-state index in [-0.39, 0.29) is 5.56 Å². The lowest BCUT2D eigenvalue weighted by Crippen LogP contribution is -2.43. The predicted molar refractivity (Wildman–Crippen MR) is 85.0 cm³/mol. The van der Waals surface area contributed by atoms with E-state index in [1.807, 2.05) is 6.92 Å². The van der Waals surface area contributed by atoms with Crippen LogP contribution in [0.1, 0.15) is 40.2 Å². The number of fused-ring (bicyclic) bond motifs is 1. The Balaban J connectivity index is 1.91. The summed E-state index contributed by atoms with van der Waals surface area (Å²) in [6, 6.07) is -0.972. The van der Waals surface area contributed by atoms with Gasteiger partial charge in [0.25, 0.3) is 11.5 Å². The van der Waals surface area contributed by atoms with Crippen molar-refractivity contribution in [3.63, 3.8) is 0 Å². The highest BCUT2D eigenvalue weighted by Crippen LogP contribution is 2.33. The van der Waals surface area contributed by atoms with E-state index < -0.39 is 23.5 Å². The van der Waals surface area contributed by atoms with E-state index in [1.54, 1.807) is 6.92 Å². The van der Waals surface area contributed by atoms with Crippen LogP contribution < -0.4 is 10.9 Å². The number of aromatic nitrogens is 2. The van der Waals surface area contributed by atoms with E-state index in [0.717, 1.165) is 23.4 Å². The first kappa shape index (κ1) is 15.7. The van der Waals surface area contributed by atoms with Gasteiger partial charge in [-0.05, 0) is 26.2 Å². The normalized spacial score (nSPS) is 15.6. The number of carboxylic acids is 1. The molecule has 1 aliphatic rings. The molecule has 1 saturated carbocycles. The summed E-state index contributed by atoms with van der Waals surface area (Å²) in [6.45, 7) is 3.67. The summed E-state index contributed by atoms with van der Waals surface area (Å²) in [5, 5.41) is 11.7. The maximum Gasteiger partial charge on any atom is 0.326 e. The summed E-state index contributed by atoms with van der Waals surface area (Å²) < 4.78 is 1.39. The Labute approximate surface area is 136 Å². The second kappa shape index (κ2) is 5.77. The molecule has 0 spiro atoms. The van der Waals surface area contributed by atoms with Gasteiger partial charge in [0.1, 0.15) is 11.6 Å². The first-order valence-electron chi connectivity index (χ1n) is 7.40. The number of thiazole rings is 1. The van der Waals surface area contributed by atoms with Gasteiger partial charge in [0, 0.05) is 16.8 Å². The second-order valence-electron chi connectivity index (χ2n) is 5.88. The SMILES string of the molecule is Cc1sc2ncc(C(=O)NC(CC3CC3)C(=O)O)c(=O)n2c1C. The largest absolute Gasteiger partial charge is 0.480 e. The molecule has 1 aliphatic carbocycles. The molecule has 2 aromatic heterocycles. The van der Waals surface area contributed by atoms with E-state index in [9.17, 15) is 19.5 Å². The zero-order valence-electron chi connectivity index (χ0n) is 12.8. The minimum Gasteiger partial charge on any atom is -0.480 e. The van der Waals surface area contributed by atoms with E-state index in [1.165, 1.54) is 21.9 Å². The highest BCUT2D eigenvalue weighted by atomic mass is 32.1. The average Bonchev–Trinajstić information content (AvgIpc) is 3.25. The summed E-state index contributed by atoms with van der Waals surface area (Å²) in [5.41, 5.74) is 0.139. The molecule has 1 atom stereocenters. The Morgan fingerprint density at radius 2 is 2.17 bits per heavy atom. The lowest BCUT2D eigenvalue weighted by atomic mass is 10.1. The topological polar surface area (TPSA) is 101 Å². The fourth-order valence-electron chi connectivity index (χ4n) is 2.48. The van der Waals surface area contributed by atoms with Crippen molar-refractivity contribution in [2.75, 3.05) is 0 Å². The quantitative estimate of drug-likeness (QED) is 0.859. The first-order valence-corrected chi connectivity index (χ1v) is 8.21. The van der Waals surface area contributed by atoms with E-state index >= 15 is 0 Å². The Hall–Kier alpha value is -2.22. The number of carboxylic acid groups (broad SMARTS) is 1. The van der Waals surface area contributed by atoms with Crippen molar-refractivity contribution >= 4 is 28.2 Å². The smallest absolute Gasteiger partial charge is 0.326 e. The molecular formula is C15H17N3O4S. The van der Waals surface area contributed by atoms with Gasteiger partial charge in [-0.3, -0.25) is 14.0 Å². The summed E-state index contributed by atoms with van der Waals surface area (Å²) in [7, 11) is 0. The Kier molecular flexibility index (Phi) is 3.93. The Bertz CT molecular complexity index is 850. The van der Waals surface area contributed by atoms with Crippen LogP contribution in [0.15, 0.2) is 11.0 Å². The third-order valence-electron chi connectivity index (χ3n) is 4.13. The van der Waals surface area contributed by atoms with E-state index in [4.69, 9.17) is 0 Å². The molecule has 2 aromatic rings. The van der Waals surface area contributed by atoms with Crippen molar-refractivity contribution in [2.24, 2.45) is 5.92 Å². The fraction of sp³-hybridized carbons (Fsp3) is 0.467. The first-order chi connectivity index (χ1) is 10.9. The third-order valence-corrected chi connectivity index (χ3v) is 5.20. The molecule has 0 aromatic carbocycles. The van der Waals surface area contributed by atoms with Crippen LogP contribution in [-0.2, 0) is 4.79 Å². The van der Waals surface area contributed by atoms with Crippen molar-refractivity contribution in [1.82, 2.24) is 14.7 Å². The number of hydrogen-bond donors (Lipinski definition) is 2. The van der Waals surface area contributed by atoms with Crippen LogP contribution in [0.2, 0.25) is 0 Å².